The molecule has 1 aliphatic carbocycles. The first kappa shape index (κ1) is 20.6. The number of benzene rings is 2. The summed E-state index contributed by atoms with van der Waals surface area (Å²) in [4.78, 5) is 30.3. The fourth-order valence-electron chi connectivity index (χ4n) is 4.68. The van der Waals surface area contributed by atoms with Gasteiger partial charge in [0, 0.05) is 37.8 Å². The summed E-state index contributed by atoms with van der Waals surface area (Å²) in [6.45, 7) is 3.48. The molecular weight excluding hydrogens is 374 g/mol. The number of carbonyl (C=O) groups is 2. The molecule has 2 aliphatic rings. The maximum atomic E-state index is 13.1. The van der Waals surface area contributed by atoms with E-state index in [1.807, 2.05) is 53.4 Å². The number of piperazine rings is 1. The first-order chi connectivity index (χ1) is 14.7. The second-order valence-corrected chi connectivity index (χ2v) is 8.36. The van der Waals surface area contributed by atoms with Gasteiger partial charge in [-0.3, -0.25) is 14.5 Å². The highest BCUT2D eigenvalue weighted by atomic mass is 16.2. The Morgan fingerprint density at radius 1 is 0.867 bits per heavy atom. The fourth-order valence-corrected chi connectivity index (χ4v) is 4.68. The molecule has 1 saturated heterocycles. The van der Waals surface area contributed by atoms with Gasteiger partial charge in [0.05, 0.1) is 12.5 Å². The fraction of sp³-hybridized carbons (Fsp3) is 0.440. The molecular formula is C25H31N3O2. The Bertz CT molecular complexity index is 826. The molecule has 0 radical (unpaired) electrons. The Morgan fingerprint density at radius 2 is 1.47 bits per heavy atom. The topological polar surface area (TPSA) is 52.7 Å². The Morgan fingerprint density at radius 3 is 2.10 bits per heavy atom. The van der Waals surface area contributed by atoms with Crippen LogP contribution in [0.15, 0.2) is 60.7 Å². The van der Waals surface area contributed by atoms with Crippen LogP contribution >= 0.6 is 0 Å². The van der Waals surface area contributed by atoms with Crippen LogP contribution in [0.3, 0.4) is 0 Å². The maximum Gasteiger partial charge on any atom is 0.251 e. The van der Waals surface area contributed by atoms with Crippen LogP contribution in [-0.4, -0.2) is 53.8 Å². The van der Waals surface area contributed by atoms with Crippen molar-refractivity contribution < 1.29 is 9.59 Å². The van der Waals surface area contributed by atoms with Crippen LogP contribution in [0, 0.1) is 0 Å². The van der Waals surface area contributed by atoms with Gasteiger partial charge in [-0.25, -0.2) is 0 Å². The second kappa shape index (κ2) is 9.90. The van der Waals surface area contributed by atoms with E-state index in [1.54, 1.807) is 12.1 Å². The van der Waals surface area contributed by atoms with E-state index in [2.05, 4.69) is 10.2 Å². The Hall–Kier alpha value is -2.66. The smallest absolute Gasteiger partial charge is 0.251 e. The van der Waals surface area contributed by atoms with Crippen molar-refractivity contribution in [2.45, 2.75) is 44.2 Å². The van der Waals surface area contributed by atoms with E-state index in [0.29, 0.717) is 11.6 Å². The molecule has 2 aromatic carbocycles. The molecule has 1 aliphatic heterocycles. The molecule has 1 unspecified atom stereocenters. The van der Waals surface area contributed by atoms with Crippen molar-refractivity contribution in [1.82, 2.24) is 15.1 Å². The highest BCUT2D eigenvalue weighted by molar-refractivity contribution is 5.94. The summed E-state index contributed by atoms with van der Waals surface area (Å²) in [7, 11) is 0. The Kier molecular flexibility index (Phi) is 6.80. The van der Waals surface area contributed by atoms with Crippen molar-refractivity contribution in [2.24, 2.45) is 0 Å². The van der Waals surface area contributed by atoms with E-state index in [-0.39, 0.29) is 24.3 Å². The summed E-state index contributed by atoms with van der Waals surface area (Å²) < 4.78 is 0. The number of rotatable bonds is 6. The molecule has 0 spiro atoms. The van der Waals surface area contributed by atoms with Crippen molar-refractivity contribution >= 4 is 11.8 Å². The average Bonchev–Trinajstić information content (AvgIpc) is 3.35. The number of carbonyl (C=O) groups excluding carboxylic acids is 2. The first-order valence-corrected chi connectivity index (χ1v) is 11.1. The van der Waals surface area contributed by atoms with Crippen molar-refractivity contribution in [3.63, 3.8) is 0 Å². The molecule has 0 aromatic heterocycles. The molecule has 1 saturated carbocycles. The zero-order valence-electron chi connectivity index (χ0n) is 17.5. The molecule has 2 fully saturated rings. The molecule has 1 atom stereocenters. The van der Waals surface area contributed by atoms with Gasteiger partial charge in [0.2, 0.25) is 5.91 Å². The average molecular weight is 406 g/mol. The van der Waals surface area contributed by atoms with Crippen LogP contribution in [0.5, 0.6) is 0 Å². The monoisotopic (exact) mass is 405 g/mol. The minimum Gasteiger partial charge on any atom is -0.345 e. The van der Waals surface area contributed by atoms with E-state index in [9.17, 15) is 9.59 Å². The standard InChI is InChI=1S/C25H31N3O2/c29-24(28-17-15-27(16-18-28)22-13-7-8-14-22)19-23(20-9-3-1-4-10-20)26-25(30)21-11-5-2-6-12-21/h1-6,9-12,22-23H,7-8,13-19H2,(H,26,30). The minimum absolute atomic E-state index is 0.114. The van der Waals surface area contributed by atoms with Crippen LogP contribution < -0.4 is 5.32 Å². The van der Waals surface area contributed by atoms with Crippen LogP contribution in [0.2, 0.25) is 0 Å². The third-order valence-corrected chi connectivity index (χ3v) is 6.43. The molecule has 30 heavy (non-hydrogen) atoms. The van der Waals surface area contributed by atoms with Crippen molar-refractivity contribution in [2.75, 3.05) is 26.2 Å². The van der Waals surface area contributed by atoms with Gasteiger partial charge >= 0.3 is 0 Å². The van der Waals surface area contributed by atoms with Crippen LogP contribution in [-0.2, 0) is 4.79 Å². The number of amides is 2. The summed E-state index contributed by atoms with van der Waals surface area (Å²) >= 11 is 0. The summed E-state index contributed by atoms with van der Waals surface area (Å²) in [5, 5.41) is 3.08. The van der Waals surface area contributed by atoms with Gasteiger partial charge in [0.25, 0.3) is 5.91 Å². The molecule has 4 rings (SSSR count). The molecule has 2 aromatic rings. The first-order valence-electron chi connectivity index (χ1n) is 11.1. The van der Waals surface area contributed by atoms with Gasteiger partial charge in [-0.1, -0.05) is 61.4 Å². The molecule has 2 amide bonds. The summed E-state index contributed by atoms with van der Waals surface area (Å²) in [5.41, 5.74) is 1.57. The predicted octanol–water partition coefficient (Wildman–Crippen LogP) is 3.63. The summed E-state index contributed by atoms with van der Waals surface area (Å²) in [6, 6.07) is 19.3. The summed E-state index contributed by atoms with van der Waals surface area (Å²) in [5.74, 6) is -0.0356. The van der Waals surface area contributed by atoms with Gasteiger partial charge in [-0.15, -0.1) is 0 Å². The quantitative estimate of drug-likeness (QED) is 0.798. The van der Waals surface area contributed by atoms with E-state index in [0.717, 1.165) is 31.7 Å². The molecule has 158 valence electrons. The second-order valence-electron chi connectivity index (χ2n) is 8.36. The normalized spacial score (nSPS) is 18.9. The largest absolute Gasteiger partial charge is 0.345 e. The third kappa shape index (κ3) is 5.08. The highest BCUT2D eigenvalue weighted by Gasteiger charge is 2.29. The lowest BCUT2D eigenvalue weighted by Crippen LogP contribution is -2.51. The molecule has 5 heteroatoms. The Balaban J connectivity index is 1.39. The number of nitrogens with zero attached hydrogens (tertiary/aromatic N) is 2. The third-order valence-electron chi connectivity index (χ3n) is 6.43. The van der Waals surface area contributed by atoms with Crippen molar-refractivity contribution in [1.29, 1.82) is 0 Å². The van der Waals surface area contributed by atoms with Crippen molar-refractivity contribution in [3.05, 3.63) is 71.8 Å². The van der Waals surface area contributed by atoms with Crippen LogP contribution in [0.25, 0.3) is 0 Å². The van der Waals surface area contributed by atoms with Crippen LogP contribution in [0.4, 0.5) is 0 Å². The number of nitrogens with one attached hydrogen (secondary N) is 1. The van der Waals surface area contributed by atoms with Crippen molar-refractivity contribution in [3.8, 4) is 0 Å². The van der Waals surface area contributed by atoms with Gasteiger partial charge in [-0.2, -0.15) is 0 Å². The van der Waals surface area contributed by atoms with Crippen LogP contribution in [0.1, 0.15) is 54.1 Å². The number of hydrogen-bond acceptors (Lipinski definition) is 3. The van der Waals surface area contributed by atoms with Gasteiger partial charge < -0.3 is 10.2 Å². The lowest BCUT2D eigenvalue weighted by Gasteiger charge is -2.38. The molecule has 1 N–H and O–H groups in total. The zero-order valence-corrected chi connectivity index (χ0v) is 17.5. The Labute approximate surface area is 179 Å². The zero-order chi connectivity index (χ0) is 20.8. The van der Waals surface area contributed by atoms with E-state index >= 15 is 0 Å². The van der Waals surface area contributed by atoms with E-state index in [4.69, 9.17) is 0 Å². The minimum atomic E-state index is -0.334. The summed E-state index contributed by atoms with van der Waals surface area (Å²) in [6.07, 6.45) is 5.56. The van der Waals surface area contributed by atoms with Gasteiger partial charge in [0.15, 0.2) is 0 Å². The lowest BCUT2D eigenvalue weighted by atomic mass is 10.0. The van der Waals surface area contributed by atoms with Gasteiger partial charge in [0.1, 0.15) is 0 Å². The molecule has 5 nitrogen and oxygen atoms in total. The molecule has 1 heterocycles. The lowest BCUT2D eigenvalue weighted by molar-refractivity contribution is -0.133. The van der Waals surface area contributed by atoms with E-state index in [1.165, 1.54) is 25.7 Å². The maximum absolute atomic E-state index is 13.1. The predicted molar refractivity (Wildman–Crippen MR) is 118 cm³/mol. The SMILES string of the molecule is O=C(NC(CC(=O)N1CCN(C2CCCC2)CC1)c1ccccc1)c1ccccc1. The molecule has 0 bridgehead atoms. The van der Waals surface area contributed by atoms with E-state index < -0.39 is 0 Å². The van der Waals surface area contributed by atoms with Gasteiger partial charge in [-0.05, 0) is 30.5 Å². The highest BCUT2D eigenvalue weighted by Crippen LogP contribution is 2.25. The number of hydrogen-bond donors (Lipinski definition) is 1.